The van der Waals surface area contributed by atoms with Gasteiger partial charge in [0.05, 0.1) is 6.54 Å². The van der Waals surface area contributed by atoms with E-state index in [0.29, 0.717) is 5.56 Å². The van der Waals surface area contributed by atoms with Crippen LogP contribution in [0.5, 0.6) is 0 Å². The Morgan fingerprint density at radius 3 is 2.43 bits per heavy atom. The van der Waals surface area contributed by atoms with Crippen molar-refractivity contribution in [1.82, 2.24) is 16.2 Å². The Balaban J connectivity index is 1.75. The van der Waals surface area contributed by atoms with Crippen LogP contribution in [0.4, 0.5) is 0 Å². The molecular formula is C15H19N3O3. The number of rotatable bonds is 4. The van der Waals surface area contributed by atoms with Crippen LogP contribution in [0.3, 0.4) is 0 Å². The van der Waals surface area contributed by atoms with E-state index in [9.17, 15) is 14.4 Å². The number of carbonyl (C=O) groups is 3. The highest BCUT2D eigenvalue weighted by Gasteiger charge is 2.29. The minimum atomic E-state index is -0.457. The monoisotopic (exact) mass is 289 g/mol. The molecule has 1 fully saturated rings. The van der Waals surface area contributed by atoms with Crippen LogP contribution >= 0.6 is 0 Å². The van der Waals surface area contributed by atoms with Crippen molar-refractivity contribution in [1.29, 1.82) is 0 Å². The first-order valence-corrected chi connectivity index (χ1v) is 6.91. The summed E-state index contributed by atoms with van der Waals surface area (Å²) in [6, 6.07) is 5.35. The van der Waals surface area contributed by atoms with Gasteiger partial charge in [-0.2, -0.15) is 0 Å². The minimum Gasteiger partial charge on any atom is -0.343 e. The van der Waals surface area contributed by atoms with E-state index in [1.54, 1.807) is 12.1 Å². The predicted molar refractivity (Wildman–Crippen MR) is 77.3 cm³/mol. The maximum atomic E-state index is 11.9. The first-order chi connectivity index (χ1) is 9.97. The van der Waals surface area contributed by atoms with Crippen molar-refractivity contribution >= 4 is 17.7 Å². The van der Waals surface area contributed by atoms with Gasteiger partial charge in [0.25, 0.3) is 11.8 Å². The van der Waals surface area contributed by atoms with Crippen LogP contribution in [-0.4, -0.2) is 24.3 Å². The molecule has 112 valence electrons. The zero-order valence-corrected chi connectivity index (χ0v) is 12.2. The Hall–Kier alpha value is -2.37. The molecule has 6 heteroatoms. The molecule has 1 aromatic rings. The third-order valence-corrected chi connectivity index (χ3v) is 3.45. The Morgan fingerprint density at radius 1 is 1.10 bits per heavy atom. The average Bonchev–Trinajstić information content (AvgIpc) is 3.29. The summed E-state index contributed by atoms with van der Waals surface area (Å²) in [7, 11) is 0. The van der Waals surface area contributed by atoms with Crippen molar-refractivity contribution in [2.24, 2.45) is 5.92 Å². The van der Waals surface area contributed by atoms with Crippen molar-refractivity contribution in [3.05, 3.63) is 34.9 Å². The van der Waals surface area contributed by atoms with Gasteiger partial charge in [0.1, 0.15) is 0 Å². The fourth-order valence-corrected chi connectivity index (χ4v) is 1.77. The smallest absolute Gasteiger partial charge is 0.257 e. The topological polar surface area (TPSA) is 87.3 Å². The van der Waals surface area contributed by atoms with Gasteiger partial charge >= 0.3 is 0 Å². The molecule has 0 unspecified atom stereocenters. The summed E-state index contributed by atoms with van der Waals surface area (Å²) in [5.74, 6) is -0.929. The Morgan fingerprint density at radius 2 is 1.81 bits per heavy atom. The molecule has 21 heavy (non-hydrogen) atoms. The zero-order chi connectivity index (χ0) is 15.4. The Kier molecular flexibility index (Phi) is 4.57. The van der Waals surface area contributed by atoms with Crippen LogP contribution in [0.25, 0.3) is 0 Å². The Bertz CT molecular complexity index is 580. The summed E-state index contributed by atoms with van der Waals surface area (Å²) in [6.45, 7) is 3.70. The number of aryl methyl sites for hydroxylation is 2. The highest BCUT2D eigenvalue weighted by molar-refractivity contribution is 5.96. The average molecular weight is 289 g/mol. The van der Waals surface area contributed by atoms with Crippen LogP contribution in [0.2, 0.25) is 0 Å². The molecule has 0 atom stereocenters. The van der Waals surface area contributed by atoms with E-state index in [0.717, 1.165) is 24.0 Å². The fraction of sp³-hybridized carbons (Fsp3) is 0.400. The molecule has 1 aliphatic carbocycles. The van der Waals surface area contributed by atoms with Crippen molar-refractivity contribution in [2.45, 2.75) is 26.7 Å². The number of hydrogen-bond acceptors (Lipinski definition) is 3. The van der Waals surface area contributed by atoms with Crippen LogP contribution in [0.15, 0.2) is 18.2 Å². The maximum Gasteiger partial charge on any atom is 0.257 e. The highest BCUT2D eigenvalue weighted by atomic mass is 16.2. The van der Waals surface area contributed by atoms with E-state index in [2.05, 4.69) is 16.2 Å². The summed E-state index contributed by atoms with van der Waals surface area (Å²) >= 11 is 0. The SMILES string of the molecule is Cc1ccc(C(=O)NCC(=O)NNC(=O)C2CC2)cc1C. The lowest BCUT2D eigenvalue weighted by Crippen LogP contribution is -2.46. The Labute approximate surface area is 123 Å². The normalized spacial score (nSPS) is 13.4. The van der Waals surface area contributed by atoms with Gasteiger partial charge in [-0.05, 0) is 49.9 Å². The van der Waals surface area contributed by atoms with Crippen molar-refractivity contribution in [2.75, 3.05) is 6.54 Å². The second-order valence-corrected chi connectivity index (χ2v) is 5.29. The molecule has 0 heterocycles. The first kappa shape index (κ1) is 15.0. The molecular weight excluding hydrogens is 270 g/mol. The number of hydrazine groups is 1. The van der Waals surface area contributed by atoms with E-state index in [1.165, 1.54) is 0 Å². The number of benzene rings is 1. The fourth-order valence-electron chi connectivity index (χ4n) is 1.77. The summed E-state index contributed by atoms with van der Waals surface area (Å²) in [6.07, 6.45) is 1.73. The molecule has 0 aromatic heterocycles. The molecule has 0 radical (unpaired) electrons. The molecule has 1 saturated carbocycles. The first-order valence-electron chi connectivity index (χ1n) is 6.91. The highest BCUT2D eigenvalue weighted by Crippen LogP contribution is 2.28. The number of carbonyl (C=O) groups excluding carboxylic acids is 3. The molecule has 0 aliphatic heterocycles. The number of amides is 3. The van der Waals surface area contributed by atoms with Gasteiger partial charge in [0, 0.05) is 11.5 Å². The van der Waals surface area contributed by atoms with E-state index in [1.807, 2.05) is 19.9 Å². The van der Waals surface area contributed by atoms with E-state index < -0.39 is 5.91 Å². The zero-order valence-electron chi connectivity index (χ0n) is 12.2. The lowest BCUT2D eigenvalue weighted by molar-refractivity contribution is -0.129. The number of hydrogen-bond donors (Lipinski definition) is 3. The second-order valence-electron chi connectivity index (χ2n) is 5.29. The molecule has 0 spiro atoms. The molecule has 2 rings (SSSR count). The molecule has 1 aliphatic rings. The molecule has 0 bridgehead atoms. The van der Waals surface area contributed by atoms with Crippen molar-refractivity contribution in [3.8, 4) is 0 Å². The summed E-state index contributed by atoms with van der Waals surface area (Å²) in [5, 5.41) is 2.51. The summed E-state index contributed by atoms with van der Waals surface area (Å²) in [4.78, 5) is 34.7. The molecule has 0 saturated heterocycles. The standard InChI is InChI=1S/C15H19N3O3/c1-9-3-4-12(7-10(9)2)14(20)16-8-13(19)17-18-15(21)11-5-6-11/h3-4,7,11H,5-6,8H2,1-2H3,(H,16,20)(H,17,19)(H,18,21). The van der Waals surface area contributed by atoms with Crippen LogP contribution in [0, 0.1) is 19.8 Å². The van der Waals surface area contributed by atoms with Crippen LogP contribution < -0.4 is 16.2 Å². The molecule has 3 amide bonds. The predicted octanol–water partition coefficient (Wildman–Crippen LogP) is 0.591. The van der Waals surface area contributed by atoms with E-state index in [4.69, 9.17) is 0 Å². The van der Waals surface area contributed by atoms with Crippen molar-refractivity contribution < 1.29 is 14.4 Å². The van der Waals surface area contributed by atoms with Gasteiger partial charge in [-0.15, -0.1) is 0 Å². The van der Waals surface area contributed by atoms with Gasteiger partial charge in [0.15, 0.2) is 0 Å². The minimum absolute atomic E-state index is 0.0235. The van der Waals surface area contributed by atoms with Gasteiger partial charge in [0.2, 0.25) is 5.91 Å². The number of nitrogens with one attached hydrogen (secondary N) is 3. The van der Waals surface area contributed by atoms with Gasteiger partial charge in [-0.3, -0.25) is 25.2 Å². The summed E-state index contributed by atoms with van der Waals surface area (Å²) in [5.41, 5.74) is 7.24. The van der Waals surface area contributed by atoms with Crippen molar-refractivity contribution in [3.63, 3.8) is 0 Å². The van der Waals surface area contributed by atoms with E-state index >= 15 is 0 Å². The second kappa shape index (κ2) is 6.39. The van der Waals surface area contributed by atoms with E-state index in [-0.39, 0.29) is 24.3 Å². The molecule has 6 nitrogen and oxygen atoms in total. The largest absolute Gasteiger partial charge is 0.343 e. The third-order valence-electron chi connectivity index (χ3n) is 3.45. The lowest BCUT2D eigenvalue weighted by atomic mass is 10.1. The van der Waals surface area contributed by atoms with Crippen LogP contribution in [0.1, 0.15) is 34.3 Å². The quantitative estimate of drug-likeness (QED) is 0.709. The van der Waals surface area contributed by atoms with Gasteiger partial charge in [-0.25, -0.2) is 0 Å². The third kappa shape index (κ3) is 4.30. The maximum absolute atomic E-state index is 11.9. The lowest BCUT2D eigenvalue weighted by Gasteiger charge is -2.09. The van der Waals surface area contributed by atoms with Gasteiger partial charge < -0.3 is 5.32 Å². The van der Waals surface area contributed by atoms with Gasteiger partial charge in [-0.1, -0.05) is 6.07 Å². The molecule has 1 aromatic carbocycles. The van der Waals surface area contributed by atoms with Crippen LogP contribution in [-0.2, 0) is 9.59 Å². The molecule has 3 N–H and O–H groups in total. The summed E-state index contributed by atoms with van der Waals surface area (Å²) < 4.78 is 0.